The Balaban J connectivity index is 2.19. The second kappa shape index (κ2) is 4.61. The third-order valence-corrected chi connectivity index (χ3v) is 2.25. The number of rotatable bonds is 2. The molecule has 0 aliphatic carbocycles. The highest BCUT2D eigenvalue weighted by atomic mass is 16.3. The highest BCUT2D eigenvalue weighted by Gasteiger charge is 2.08. The number of hydrogen-bond acceptors (Lipinski definition) is 4. The van der Waals surface area contributed by atoms with Gasteiger partial charge in [-0.3, -0.25) is 9.78 Å². The molecule has 0 saturated carbocycles. The summed E-state index contributed by atoms with van der Waals surface area (Å²) in [5.74, 6) is -0.160. The number of phenolic OH excluding ortho intramolecular Hbond substituents is 1. The van der Waals surface area contributed by atoms with Gasteiger partial charge in [0.05, 0.1) is 6.20 Å². The molecule has 0 radical (unpaired) electrons. The van der Waals surface area contributed by atoms with Crippen molar-refractivity contribution in [3.8, 4) is 5.75 Å². The molecular weight excluding hydrogens is 218 g/mol. The fourth-order valence-corrected chi connectivity index (χ4v) is 1.39. The second-order valence-corrected chi connectivity index (χ2v) is 3.54. The van der Waals surface area contributed by atoms with Crippen LogP contribution in [-0.4, -0.2) is 21.0 Å². The fourth-order valence-electron chi connectivity index (χ4n) is 1.39. The standard InChI is InChI=1S/C12H11N3O2/c1-8-6-9(16)2-3-10(8)15-12(17)11-7-13-4-5-14-11/h2-7,16H,1H3,(H,15,17). The summed E-state index contributed by atoms with van der Waals surface area (Å²) in [6.07, 6.45) is 4.35. The van der Waals surface area contributed by atoms with Gasteiger partial charge in [-0.25, -0.2) is 4.98 Å². The van der Waals surface area contributed by atoms with E-state index in [4.69, 9.17) is 0 Å². The molecule has 0 atom stereocenters. The Hall–Kier alpha value is -2.43. The van der Waals surface area contributed by atoms with Crippen LogP contribution in [0.4, 0.5) is 5.69 Å². The second-order valence-electron chi connectivity index (χ2n) is 3.54. The summed E-state index contributed by atoms with van der Waals surface area (Å²) in [6, 6.07) is 4.73. The summed E-state index contributed by atoms with van der Waals surface area (Å²) >= 11 is 0. The SMILES string of the molecule is Cc1cc(O)ccc1NC(=O)c1cnccn1. The number of nitrogens with zero attached hydrogens (tertiary/aromatic N) is 2. The van der Waals surface area contributed by atoms with Crippen molar-refractivity contribution in [1.82, 2.24) is 9.97 Å². The van der Waals surface area contributed by atoms with E-state index in [9.17, 15) is 9.90 Å². The number of anilines is 1. The average Bonchev–Trinajstić information content (AvgIpc) is 2.34. The maximum absolute atomic E-state index is 11.8. The molecule has 0 spiro atoms. The monoisotopic (exact) mass is 229 g/mol. The molecule has 2 aromatic rings. The van der Waals surface area contributed by atoms with Crippen molar-refractivity contribution in [2.45, 2.75) is 6.92 Å². The van der Waals surface area contributed by atoms with Gasteiger partial charge < -0.3 is 10.4 Å². The molecule has 0 saturated heterocycles. The van der Waals surface area contributed by atoms with Crippen molar-refractivity contribution in [1.29, 1.82) is 0 Å². The summed E-state index contributed by atoms with van der Waals surface area (Å²) in [4.78, 5) is 19.5. The van der Waals surface area contributed by atoms with Gasteiger partial charge in [-0.05, 0) is 30.7 Å². The smallest absolute Gasteiger partial charge is 0.275 e. The number of nitrogens with one attached hydrogen (secondary N) is 1. The average molecular weight is 229 g/mol. The molecule has 1 amide bonds. The number of aromatic nitrogens is 2. The number of aryl methyl sites for hydroxylation is 1. The van der Waals surface area contributed by atoms with Crippen LogP contribution in [0.25, 0.3) is 0 Å². The maximum Gasteiger partial charge on any atom is 0.275 e. The van der Waals surface area contributed by atoms with Crippen LogP contribution in [-0.2, 0) is 0 Å². The van der Waals surface area contributed by atoms with Crippen LogP contribution >= 0.6 is 0 Å². The van der Waals surface area contributed by atoms with E-state index >= 15 is 0 Å². The third-order valence-electron chi connectivity index (χ3n) is 2.25. The van der Waals surface area contributed by atoms with Crippen molar-refractivity contribution in [3.05, 3.63) is 48.0 Å². The molecule has 1 heterocycles. The number of carbonyl (C=O) groups excluding carboxylic acids is 1. The minimum atomic E-state index is -0.327. The van der Waals surface area contributed by atoms with Crippen LogP contribution in [0.15, 0.2) is 36.8 Å². The first-order chi connectivity index (χ1) is 8.16. The van der Waals surface area contributed by atoms with Crippen LogP contribution < -0.4 is 5.32 Å². The van der Waals surface area contributed by atoms with Crippen LogP contribution in [0.2, 0.25) is 0 Å². The van der Waals surface area contributed by atoms with Gasteiger partial charge in [0.1, 0.15) is 11.4 Å². The number of carbonyl (C=O) groups is 1. The molecule has 0 aliphatic rings. The molecule has 2 rings (SSSR count). The molecule has 1 aromatic heterocycles. The lowest BCUT2D eigenvalue weighted by atomic mass is 10.2. The lowest BCUT2D eigenvalue weighted by Crippen LogP contribution is -2.14. The van der Waals surface area contributed by atoms with Gasteiger partial charge in [0.2, 0.25) is 0 Å². The Morgan fingerprint density at radius 1 is 1.35 bits per heavy atom. The quantitative estimate of drug-likeness (QED) is 0.769. The topological polar surface area (TPSA) is 75.1 Å². The minimum absolute atomic E-state index is 0.167. The zero-order valence-corrected chi connectivity index (χ0v) is 9.21. The first kappa shape index (κ1) is 11.1. The van der Waals surface area contributed by atoms with E-state index < -0.39 is 0 Å². The Kier molecular flexibility index (Phi) is 3.00. The predicted molar refractivity (Wildman–Crippen MR) is 62.8 cm³/mol. The Morgan fingerprint density at radius 3 is 2.82 bits per heavy atom. The molecule has 5 heteroatoms. The van der Waals surface area contributed by atoms with Crippen LogP contribution in [0.1, 0.15) is 16.1 Å². The Bertz CT molecular complexity index is 541. The molecule has 17 heavy (non-hydrogen) atoms. The zero-order chi connectivity index (χ0) is 12.3. The van der Waals surface area contributed by atoms with Crippen LogP contribution in [0.3, 0.4) is 0 Å². The van der Waals surface area contributed by atoms with Gasteiger partial charge in [0, 0.05) is 18.1 Å². The number of phenols is 1. The molecule has 2 N–H and O–H groups in total. The molecule has 0 unspecified atom stereocenters. The molecule has 1 aromatic carbocycles. The normalized spacial score (nSPS) is 9.94. The van der Waals surface area contributed by atoms with Crippen molar-refractivity contribution in [2.75, 3.05) is 5.32 Å². The van der Waals surface area contributed by atoms with E-state index in [1.807, 2.05) is 0 Å². The number of hydrogen-bond donors (Lipinski definition) is 2. The van der Waals surface area contributed by atoms with E-state index in [0.29, 0.717) is 5.69 Å². The van der Waals surface area contributed by atoms with Crippen molar-refractivity contribution in [3.63, 3.8) is 0 Å². The van der Waals surface area contributed by atoms with E-state index in [2.05, 4.69) is 15.3 Å². The zero-order valence-electron chi connectivity index (χ0n) is 9.21. The third kappa shape index (κ3) is 2.57. The Labute approximate surface area is 98.2 Å². The molecular formula is C12H11N3O2. The summed E-state index contributed by atoms with van der Waals surface area (Å²) in [7, 11) is 0. The Morgan fingerprint density at radius 2 is 2.18 bits per heavy atom. The lowest BCUT2D eigenvalue weighted by molar-refractivity contribution is 0.102. The van der Waals surface area contributed by atoms with Crippen molar-refractivity contribution < 1.29 is 9.90 Å². The summed E-state index contributed by atoms with van der Waals surface area (Å²) < 4.78 is 0. The van der Waals surface area contributed by atoms with E-state index in [1.54, 1.807) is 19.1 Å². The fraction of sp³-hybridized carbons (Fsp3) is 0.0833. The molecule has 86 valence electrons. The summed E-state index contributed by atoms with van der Waals surface area (Å²) in [5, 5.41) is 12.0. The minimum Gasteiger partial charge on any atom is -0.508 e. The molecule has 0 aliphatic heterocycles. The maximum atomic E-state index is 11.8. The predicted octanol–water partition coefficient (Wildman–Crippen LogP) is 1.74. The highest BCUT2D eigenvalue weighted by Crippen LogP contribution is 2.20. The summed E-state index contributed by atoms with van der Waals surface area (Å²) in [6.45, 7) is 1.80. The molecule has 5 nitrogen and oxygen atoms in total. The highest BCUT2D eigenvalue weighted by molar-refractivity contribution is 6.03. The molecule has 0 fully saturated rings. The van der Waals surface area contributed by atoms with Crippen LogP contribution in [0.5, 0.6) is 5.75 Å². The van der Waals surface area contributed by atoms with Gasteiger partial charge >= 0.3 is 0 Å². The van der Waals surface area contributed by atoms with E-state index in [0.717, 1.165) is 5.56 Å². The first-order valence-electron chi connectivity index (χ1n) is 5.04. The molecule has 0 bridgehead atoms. The largest absolute Gasteiger partial charge is 0.508 e. The van der Waals surface area contributed by atoms with Gasteiger partial charge in [0.15, 0.2) is 0 Å². The number of amides is 1. The van der Waals surface area contributed by atoms with E-state index in [1.165, 1.54) is 24.7 Å². The van der Waals surface area contributed by atoms with Gasteiger partial charge in [0.25, 0.3) is 5.91 Å². The van der Waals surface area contributed by atoms with Gasteiger partial charge in [-0.15, -0.1) is 0 Å². The van der Waals surface area contributed by atoms with Crippen molar-refractivity contribution in [2.24, 2.45) is 0 Å². The van der Waals surface area contributed by atoms with Gasteiger partial charge in [-0.1, -0.05) is 0 Å². The van der Waals surface area contributed by atoms with Crippen molar-refractivity contribution >= 4 is 11.6 Å². The number of benzene rings is 1. The van der Waals surface area contributed by atoms with E-state index in [-0.39, 0.29) is 17.4 Å². The number of aromatic hydroxyl groups is 1. The first-order valence-corrected chi connectivity index (χ1v) is 5.04. The van der Waals surface area contributed by atoms with Crippen LogP contribution in [0, 0.1) is 6.92 Å². The summed E-state index contributed by atoms with van der Waals surface area (Å²) in [5.41, 5.74) is 1.67. The van der Waals surface area contributed by atoms with Gasteiger partial charge in [-0.2, -0.15) is 0 Å². The lowest BCUT2D eigenvalue weighted by Gasteiger charge is -2.07.